The molecule has 0 aliphatic heterocycles. The van der Waals surface area contributed by atoms with E-state index in [0.29, 0.717) is 0 Å². The van der Waals surface area contributed by atoms with Gasteiger partial charge in [0.2, 0.25) is 0 Å². The van der Waals surface area contributed by atoms with E-state index < -0.39 is 0 Å². The quantitative estimate of drug-likeness (QED) is 0.379. The van der Waals surface area contributed by atoms with Crippen molar-refractivity contribution in [1.29, 1.82) is 0 Å². The average Bonchev–Trinajstić information content (AvgIpc) is 1.41. The van der Waals surface area contributed by atoms with E-state index in [1.54, 1.807) is 0 Å². The van der Waals surface area contributed by atoms with Gasteiger partial charge in [0.1, 0.15) is 0 Å². The van der Waals surface area contributed by atoms with Crippen LogP contribution < -0.4 is 0 Å². The second-order valence-electron chi connectivity index (χ2n) is 0.651. The predicted molar refractivity (Wildman–Crippen MR) is 29.7 cm³/mol. The predicted octanol–water partition coefficient (Wildman–Crippen LogP) is 1.14. The van der Waals surface area contributed by atoms with Crippen molar-refractivity contribution in [3.63, 3.8) is 0 Å². The molecule has 0 spiro atoms. The summed E-state index contributed by atoms with van der Waals surface area (Å²) in [6, 6.07) is 0. The van der Waals surface area contributed by atoms with Crippen molar-refractivity contribution in [1.82, 2.24) is 0 Å². The van der Waals surface area contributed by atoms with E-state index in [9.17, 15) is 0 Å². The van der Waals surface area contributed by atoms with Gasteiger partial charge in [-0.05, 0) is 0 Å². The molecule has 0 rings (SSSR count). The van der Waals surface area contributed by atoms with Crippen molar-refractivity contribution in [2.45, 2.75) is 4.44 Å². The van der Waals surface area contributed by atoms with E-state index in [1.165, 1.54) is 4.44 Å². The van der Waals surface area contributed by atoms with E-state index in [-0.39, 0.29) is 19.8 Å². The normalized spacial score (nSPS) is 7.40. The summed E-state index contributed by atoms with van der Waals surface area (Å²) < 4.78 is 1.19. The fraction of sp³-hybridized carbons (Fsp3) is 0.333. The SMILES string of the molecule is C=C[CH2][Sn][SH]. The number of allylic oxidation sites excluding steroid dienone is 1. The Morgan fingerprint density at radius 2 is 2.60 bits per heavy atom. The molecule has 0 fully saturated rings. The van der Waals surface area contributed by atoms with Gasteiger partial charge in [-0.25, -0.2) is 0 Å². The minimum absolute atomic E-state index is 0.218. The minimum atomic E-state index is -0.218. The number of hydrogen-bond donors (Lipinski definition) is 1. The average molecular weight is 193 g/mol. The molecule has 0 bridgehead atoms. The molecule has 0 nitrogen and oxygen atoms in total. The van der Waals surface area contributed by atoms with Crippen LogP contribution in [0.25, 0.3) is 0 Å². The van der Waals surface area contributed by atoms with Crippen molar-refractivity contribution in [3.8, 4) is 0 Å². The summed E-state index contributed by atoms with van der Waals surface area (Å²) in [6.45, 7) is 3.54. The second kappa shape index (κ2) is 4.89. The van der Waals surface area contributed by atoms with E-state index >= 15 is 0 Å². The third-order valence-corrected chi connectivity index (χ3v) is 2.81. The van der Waals surface area contributed by atoms with E-state index in [0.717, 1.165) is 0 Å². The molecule has 0 saturated heterocycles. The van der Waals surface area contributed by atoms with Crippen LogP contribution in [0.3, 0.4) is 0 Å². The van der Waals surface area contributed by atoms with Crippen molar-refractivity contribution < 1.29 is 0 Å². The molecule has 0 aromatic heterocycles. The van der Waals surface area contributed by atoms with Crippen LogP contribution in [0.4, 0.5) is 0 Å². The zero-order chi connectivity index (χ0) is 4.12. The Balaban J connectivity index is 2.40. The Bertz CT molecular complexity index is 28.1. The van der Waals surface area contributed by atoms with Gasteiger partial charge in [-0.15, -0.1) is 0 Å². The molecule has 0 unspecified atom stereocenters. The number of thiol groups is 1. The van der Waals surface area contributed by atoms with Crippen LogP contribution in [0, 0.1) is 0 Å². The van der Waals surface area contributed by atoms with Crippen LogP contribution >= 0.6 is 9.81 Å². The molecule has 0 aliphatic rings. The van der Waals surface area contributed by atoms with Gasteiger partial charge >= 0.3 is 46.7 Å². The second-order valence-corrected chi connectivity index (χ2v) is 4.84. The van der Waals surface area contributed by atoms with Crippen LogP contribution in [-0.4, -0.2) is 19.8 Å². The zero-order valence-electron chi connectivity index (χ0n) is 2.94. The molecule has 0 N–H and O–H groups in total. The fourth-order valence-electron chi connectivity index (χ4n) is 0.0645. The van der Waals surface area contributed by atoms with Gasteiger partial charge in [-0.2, -0.15) is 0 Å². The van der Waals surface area contributed by atoms with Gasteiger partial charge in [0, 0.05) is 0 Å². The molecular formula is C3H6SSn. The fourth-order valence-corrected chi connectivity index (χ4v) is 1.30. The first-order valence-corrected chi connectivity index (χ1v) is 7.69. The van der Waals surface area contributed by atoms with Crippen LogP contribution in [0.5, 0.6) is 0 Å². The molecule has 0 amide bonds. The van der Waals surface area contributed by atoms with Crippen LogP contribution in [0.1, 0.15) is 0 Å². The Morgan fingerprint density at radius 1 is 2.00 bits per heavy atom. The van der Waals surface area contributed by atoms with Gasteiger partial charge in [0.05, 0.1) is 0 Å². The van der Waals surface area contributed by atoms with Gasteiger partial charge < -0.3 is 0 Å². The first kappa shape index (κ1) is 5.89. The monoisotopic (exact) mass is 194 g/mol. The summed E-state index contributed by atoms with van der Waals surface area (Å²) >= 11 is -0.218. The van der Waals surface area contributed by atoms with E-state index in [1.807, 2.05) is 6.08 Å². The van der Waals surface area contributed by atoms with Crippen LogP contribution in [0.2, 0.25) is 4.44 Å². The topological polar surface area (TPSA) is 0 Å². The third kappa shape index (κ3) is 4.89. The maximum absolute atomic E-state index is 4.10. The standard InChI is InChI=1S/C3H5.H2S.Sn/c1-3-2;;/h3H,1-2H2;1H2;/q;;+1/p-1. The molecule has 0 aliphatic carbocycles. The zero-order valence-corrected chi connectivity index (χ0v) is 6.69. The summed E-state index contributed by atoms with van der Waals surface area (Å²) in [5, 5.41) is 0. The molecule has 0 atom stereocenters. The van der Waals surface area contributed by atoms with Crippen LogP contribution in [-0.2, 0) is 0 Å². The van der Waals surface area contributed by atoms with Crippen molar-refractivity contribution in [3.05, 3.63) is 12.7 Å². The summed E-state index contributed by atoms with van der Waals surface area (Å²) in [5.74, 6) is 0. The molecule has 28 valence electrons. The molecule has 2 heteroatoms. The first-order valence-electron chi connectivity index (χ1n) is 1.39. The first-order chi connectivity index (χ1) is 2.41. The molecular weight excluding hydrogens is 187 g/mol. The van der Waals surface area contributed by atoms with Gasteiger partial charge in [-0.3, -0.25) is 0 Å². The molecule has 5 heavy (non-hydrogen) atoms. The molecule has 0 saturated carbocycles. The van der Waals surface area contributed by atoms with Gasteiger partial charge in [0.15, 0.2) is 0 Å². The Labute approximate surface area is 46.7 Å². The number of rotatable bonds is 2. The van der Waals surface area contributed by atoms with Crippen molar-refractivity contribution in [2.24, 2.45) is 0 Å². The molecule has 0 heterocycles. The van der Waals surface area contributed by atoms with Crippen molar-refractivity contribution >= 4 is 29.6 Å². The van der Waals surface area contributed by atoms with Crippen LogP contribution in [0.15, 0.2) is 12.7 Å². The Morgan fingerprint density at radius 3 is 2.60 bits per heavy atom. The Hall–Kier alpha value is 0.889. The van der Waals surface area contributed by atoms with E-state index in [4.69, 9.17) is 0 Å². The third-order valence-electron chi connectivity index (χ3n) is 0.236. The summed E-state index contributed by atoms with van der Waals surface area (Å²) in [5.41, 5.74) is 0. The van der Waals surface area contributed by atoms with E-state index in [2.05, 4.69) is 16.4 Å². The number of hydrogen-bond acceptors (Lipinski definition) is 1. The molecule has 0 aromatic rings. The van der Waals surface area contributed by atoms with Gasteiger partial charge in [-0.1, -0.05) is 0 Å². The maximum atomic E-state index is 4.10. The molecule has 2 radical (unpaired) electrons. The molecule has 0 aromatic carbocycles. The van der Waals surface area contributed by atoms with Gasteiger partial charge in [0.25, 0.3) is 0 Å². The summed E-state index contributed by atoms with van der Waals surface area (Å²) in [4.78, 5) is 0. The van der Waals surface area contributed by atoms with Crippen molar-refractivity contribution in [2.75, 3.05) is 0 Å². The Kier molecular flexibility index (Phi) is 5.76. The summed E-state index contributed by atoms with van der Waals surface area (Å²) in [6.07, 6.45) is 1.93. The summed E-state index contributed by atoms with van der Waals surface area (Å²) in [7, 11) is 4.10.